The van der Waals surface area contributed by atoms with Gasteiger partial charge in [-0.15, -0.1) is 0 Å². The largest absolute Gasteiger partial charge is 0.463 e. The zero-order chi connectivity index (χ0) is 21.0. The highest BCUT2D eigenvalue weighted by Gasteiger charge is 2.29. The number of unbranched alkanes of at least 4 members (excludes halogenated alkanes) is 2. The zero-order valence-electron chi connectivity index (χ0n) is 18.2. The van der Waals surface area contributed by atoms with Crippen molar-refractivity contribution in [3.63, 3.8) is 0 Å². The maximum atomic E-state index is 11.3. The van der Waals surface area contributed by atoms with Crippen molar-refractivity contribution in [2.75, 3.05) is 32.3 Å². The number of nitrogens with zero attached hydrogens (tertiary/aromatic N) is 1. The maximum Gasteiger partial charge on any atom is 0.325 e. The van der Waals surface area contributed by atoms with Gasteiger partial charge in [-0.1, -0.05) is 6.92 Å². The van der Waals surface area contributed by atoms with Crippen LogP contribution in [-0.2, 0) is 13.5 Å². The van der Waals surface area contributed by atoms with Crippen LogP contribution in [-0.4, -0.2) is 71.2 Å². The third-order valence-corrected chi connectivity index (χ3v) is 12.3. The number of hydrogen-bond acceptors (Lipinski definition) is 3. The predicted octanol–water partition coefficient (Wildman–Crippen LogP) is 2.82. The standard InChI is InChI=1S/C18H42NO5PSi2/c1-5-12-19(14-9-16-25(21,22)23,13-8-6-7-11-18(2)20)15-10-17-27(3,4)24-26/h5-17H2,1-4,26H3,(H-,21,22,23)/p+1. The molecule has 0 bridgehead atoms. The Hall–Kier alpha value is 0.174. The van der Waals surface area contributed by atoms with Gasteiger partial charge in [0.15, 0.2) is 8.32 Å². The predicted molar refractivity (Wildman–Crippen MR) is 119 cm³/mol. The average molecular weight is 441 g/mol. The number of quaternary nitrogens is 1. The molecule has 0 aromatic carbocycles. The summed E-state index contributed by atoms with van der Waals surface area (Å²) < 4.78 is 18.0. The summed E-state index contributed by atoms with van der Waals surface area (Å²) in [5.74, 6) is 0.251. The normalized spacial score (nSPS) is 15.0. The van der Waals surface area contributed by atoms with E-state index in [4.69, 9.17) is 4.12 Å². The maximum absolute atomic E-state index is 11.3. The summed E-state index contributed by atoms with van der Waals surface area (Å²) in [6.45, 7) is 12.3. The molecule has 162 valence electrons. The molecule has 0 aromatic heterocycles. The Morgan fingerprint density at radius 3 is 2.15 bits per heavy atom. The fourth-order valence-electron chi connectivity index (χ4n) is 3.70. The lowest BCUT2D eigenvalue weighted by Crippen LogP contribution is -2.51. The monoisotopic (exact) mass is 440 g/mol. The second-order valence-corrected chi connectivity index (χ2v) is 16.0. The van der Waals surface area contributed by atoms with Gasteiger partial charge >= 0.3 is 7.60 Å². The summed E-state index contributed by atoms with van der Waals surface area (Å²) in [6.07, 6.45) is 6.45. The highest BCUT2D eigenvalue weighted by molar-refractivity contribution is 7.51. The highest BCUT2D eigenvalue weighted by atomic mass is 31.2. The lowest BCUT2D eigenvalue weighted by atomic mass is 10.1. The van der Waals surface area contributed by atoms with Crippen molar-refractivity contribution in [3.05, 3.63) is 0 Å². The molecular weight excluding hydrogens is 397 g/mol. The first-order valence-corrected chi connectivity index (χ1v) is 16.1. The first-order valence-electron chi connectivity index (χ1n) is 10.4. The smallest absolute Gasteiger partial charge is 0.325 e. The Morgan fingerprint density at radius 2 is 1.63 bits per heavy atom. The van der Waals surface area contributed by atoms with Crippen LogP contribution in [0.15, 0.2) is 0 Å². The third-order valence-electron chi connectivity index (χ3n) is 5.40. The molecule has 0 amide bonds. The summed E-state index contributed by atoms with van der Waals surface area (Å²) in [4.78, 5) is 29.6. The van der Waals surface area contributed by atoms with Crippen LogP contribution in [0, 0.1) is 0 Å². The van der Waals surface area contributed by atoms with Crippen LogP contribution in [0.1, 0.15) is 58.8 Å². The van der Waals surface area contributed by atoms with Crippen molar-refractivity contribution in [1.82, 2.24) is 0 Å². The number of rotatable bonds is 17. The molecule has 0 saturated heterocycles. The van der Waals surface area contributed by atoms with Crippen molar-refractivity contribution in [2.24, 2.45) is 0 Å². The lowest BCUT2D eigenvalue weighted by Gasteiger charge is -2.40. The Bertz CT molecular complexity index is 473. The Labute approximate surface area is 170 Å². The quantitative estimate of drug-likeness (QED) is 0.157. The van der Waals surface area contributed by atoms with Crippen molar-refractivity contribution in [3.8, 4) is 0 Å². The molecule has 6 nitrogen and oxygen atoms in total. The summed E-state index contributed by atoms with van der Waals surface area (Å²) in [7, 11) is -4.66. The number of Topliss-reactive ketones (excluding diaryl/α,β-unsaturated/α-hetero) is 1. The van der Waals surface area contributed by atoms with E-state index >= 15 is 0 Å². The summed E-state index contributed by atoms with van der Waals surface area (Å²) in [6, 6.07) is 1.14. The topological polar surface area (TPSA) is 83.8 Å². The van der Waals surface area contributed by atoms with Crippen molar-refractivity contribution < 1.29 is 27.7 Å². The molecule has 0 radical (unpaired) electrons. The van der Waals surface area contributed by atoms with Crippen molar-refractivity contribution in [2.45, 2.75) is 77.9 Å². The van der Waals surface area contributed by atoms with Gasteiger partial charge in [0.25, 0.3) is 0 Å². The molecule has 0 aliphatic carbocycles. The van der Waals surface area contributed by atoms with E-state index in [1.54, 1.807) is 6.92 Å². The van der Waals surface area contributed by atoms with Gasteiger partial charge in [0.05, 0.1) is 32.3 Å². The Balaban J connectivity index is 4.85. The van der Waals surface area contributed by atoms with Gasteiger partial charge < -0.3 is 23.2 Å². The fourth-order valence-corrected chi connectivity index (χ4v) is 6.08. The van der Waals surface area contributed by atoms with Gasteiger partial charge in [0, 0.05) is 12.8 Å². The second kappa shape index (κ2) is 13.4. The Morgan fingerprint density at radius 1 is 1.04 bits per heavy atom. The summed E-state index contributed by atoms with van der Waals surface area (Å²) in [5.41, 5.74) is 0. The lowest BCUT2D eigenvalue weighted by molar-refractivity contribution is -0.928. The molecule has 0 heterocycles. The van der Waals surface area contributed by atoms with Gasteiger partial charge in [-0.05, 0) is 58.2 Å². The molecule has 0 fully saturated rings. The number of hydrogen-bond donors (Lipinski definition) is 2. The molecule has 0 spiro atoms. The molecule has 0 aliphatic heterocycles. The zero-order valence-corrected chi connectivity index (χ0v) is 22.1. The van der Waals surface area contributed by atoms with Gasteiger partial charge in [-0.3, -0.25) is 4.57 Å². The number of carbonyl (C=O) groups is 1. The molecule has 9 heteroatoms. The number of ketones is 1. The van der Waals surface area contributed by atoms with Crippen molar-refractivity contribution >= 4 is 32.2 Å². The van der Waals surface area contributed by atoms with E-state index in [-0.39, 0.29) is 11.9 Å². The molecule has 2 N–H and O–H groups in total. The van der Waals surface area contributed by atoms with Gasteiger partial charge in [0.1, 0.15) is 16.3 Å². The molecule has 1 unspecified atom stereocenters. The summed E-state index contributed by atoms with van der Waals surface area (Å²) >= 11 is 0. The van der Waals surface area contributed by atoms with Crippen molar-refractivity contribution in [1.29, 1.82) is 0 Å². The van der Waals surface area contributed by atoms with Crippen LogP contribution < -0.4 is 0 Å². The van der Waals surface area contributed by atoms with Gasteiger partial charge in [-0.25, -0.2) is 0 Å². The van der Waals surface area contributed by atoms with Gasteiger partial charge in [-0.2, -0.15) is 0 Å². The molecule has 0 rings (SSSR count). The van der Waals surface area contributed by atoms with Crippen LogP contribution >= 0.6 is 7.60 Å². The molecular formula is C18H43NO5PSi2+. The fraction of sp³-hybridized carbons (Fsp3) is 0.944. The average Bonchev–Trinajstić information content (AvgIpc) is 2.53. The van der Waals surface area contributed by atoms with Crippen LogP contribution in [0.3, 0.4) is 0 Å². The van der Waals surface area contributed by atoms with E-state index in [0.717, 1.165) is 79.3 Å². The van der Waals surface area contributed by atoms with Crippen LogP contribution in [0.25, 0.3) is 0 Å². The van der Waals surface area contributed by atoms with E-state index in [2.05, 4.69) is 20.0 Å². The van der Waals surface area contributed by atoms with Crippen LogP contribution in [0.2, 0.25) is 19.1 Å². The molecule has 0 aliphatic rings. The first kappa shape index (κ1) is 27.2. The van der Waals surface area contributed by atoms with E-state index < -0.39 is 15.9 Å². The summed E-state index contributed by atoms with van der Waals surface area (Å²) in [5, 5.41) is 0. The SMILES string of the molecule is CCC[N+](CCCCCC(C)=O)(CCC[Si](C)(C)O[SiH3])CCCP(=O)(O)O. The number of carbonyl (C=O) groups excluding carboxylic acids is 1. The van der Waals surface area contributed by atoms with E-state index in [9.17, 15) is 19.1 Å². The van der Waals surface area contributed by atoms with E-state index in [1.807, 2.05) is 0 Å². The minimum absolute atomic E-state index is 0.0229. The Kier molecular flexibility index (Phi) is 13.5. The third kappa shape index (κ3) is 14.8. The molecule has 27 heavy (non-hydrogen) atoms. The van der Waals surface area contributed by atoms with Gasteiger partial charge in [0.2, 0.25) is 0 Å². The van der Waals surface area contributed by atoms with E-state index in [0.29, 0.717) is 12.8 Å². The van der Waals surface area contributed by atoms with Crippen LogP contribution in [0.4, 0.5) is 0 Å². The van der Waals surface area contributed by atoms with E-state index in [1.165, 1.54) is 0 Å². The minimum Gasteiger partial charge on any atom is -0.463 e. The minimum atomic E-state index is -3.93. The molecule has 0 saturated carbocycles. The highest BCUT2D eigenvalue weighted by Crippen LogP contribution is 2.35. The second-order valence-electron chi connectivity index (χ2n) is 8.56. The van der Waals surface area contributed by atoms with Crippen LogP contribution in [0.5, 0.6) is 0 Å². The molecule has 0 aromatic rings. The first-order chi connectivity index (χ1) is 12.5. The molecule has 1 atom stereocenters.